The summed E-state index contributed by atoms with van der Waals surface area (Å²) < 4.78 is 14.1. The molecular formula is C19H18FN5O2S. The fourth-order valence-electron chi connectivity index (χ4n) is 2.61. The fraction of sp³-hybridized carbons (Fsp3) is 0.158. The molecule has 0 aliphatic heterocycles. The number of benzene rings is 2. The number of carbonyl (C=O) groups excluding carboxylic acids is 1. The molecule has 2 aromatic carbocycles. The van der Waals surface area contributed by atoms with Gasteiger partial charge < -0.3 is 5.32 Å². The summed E-state index contributed by atoms with van der Waals surface area (Å²) in [5, 5.41) is 8.36. The smallest absolute Gasteiger partial charge is 0.275 e. The maximum atomic E-state index is 13.0. The molecule has 1 atom stereocenters. The van der Waals surface area contributed by atoms with Crippen LogP contribution in [0.25, 0.3) is 10.8 Å². The highest BCUT2D eigenvalue weighted by molar-refractivity contribution is 7.80. The minimum atomic E-state index is -0.483. The Hall–Kier alpha value is -3.33. The fourth-order valence-corrected chi connectivity index (χ4v) is 2.84. The molecule has 0 radical (unpaired) electrons. The van der Waals surface area contributed by atoms with Gasteiger partial charge in [0.05, 0.1) is 17.6 Å². The Labute approximate surface area is 165 Å². The molecule has 7 nitrogen and oxygen atoms in total. The normalized spacial score (nSPS) is 11.6. The van der Waals surface area contributed by atoms with Gasteiger partial charge in [-0.15, -0.1) is 0 Å². The third kappa shape index (κ3) is 4.68. The number of carbonyl (C=O) groups is 1. The molecular weight excluding hydrogens is 381 g/mol. The summed E-state index contributed by atoms with van der Waals surface area (Å²) in [6, 6.07) is 12.8. The van der Waals surface area contributed by atoms with Crippen molar-refractivity contribution in [2.45, 2.75) is 19.5 Å². The second-order valence-electron chi connectivity index (χ2n) is 6.11. The van der Waals surface area contributed by atoms with Gasteiger partial charge in [-0.25, -0.2) is 9.07 Å². The number of hydrogen-bond donors (Lipinski definition) is 3. The van der Waals surface area contributed by atoms with Crippen molar-refractivity contribution in [2.75, 3.05) is 0 Å². The molecule has 0 fully saturated rings. The lowest BCUT2D eigenvalue weighted by molar-refractivity contribution is -0.122. The minimum Gasteiger partial charge on any atom is -0.355 e. The van der Waals surface area contributed by atoms with Crippen molar-refractivity contribution in [3.63, 3.8) is 0 Å². The second-order valence-corrected chi connectivity index (χ2v) is 6.52. The molecule has 9 heteroatoms. The lowest BCUT2D eigenvalue weighted by atomic mass is 10.1. The van der Waals surface area contributed by atoms with Crippen LogP contribution < -0.4 is 21.7 Å². The Morgan fingerprint density at radius 1 is 1.18 bits per heavy atom. The quantitative estimate of drug-likeness (QED) is 0.458. The molecule has 0 saturated carbocycles. The molecule has 0 saturated heterocycles. The number of thiocarbonyl (C=S) groups is 1. The van der Waals surface area contributed by atoms with Crippen LogP contribution in [0, 0.1) is 5.82 Å². The lowest BCUT2D eigenvalue weighted by Crippen LogP contribution is -2.48. The average molecular weight is 399 g/mol. The van der Waals surface area contributed by atoms with Gasteiger partial charge >= 0.3 is 0 Å². The largest absolute Gasteiger partial charge is 0.355 e. The van der Waals surface area contributed by atoms with Crippen LogP contribution in [-0.2, 0) is 11.3 Å². The molecule has 3 N–H and O–H groups in total. The first-order valence-electron chi connectivity index (χ1n) is 8.50. The minimum absolute atomic E-state index is 0.184. The van der Waals surface area contributed by atoms with E-state index in [0.717, 1.165) is 10.2 Å². The molecule has 0 bridgehead atoms. The number of hydrazine groups is 1. The molecule has 0 aliphatic carbocycles. The highest BCUT2D eigenvalue weighted by Crippen LogP contribution is 2.12. The van der Waals surface area contributed by atoms with E-state index in [-0.39, 0.29) is 29.1 Å². The Bertz CT molecular complexity index is 1070. The predicted octanol–water partition coefficient (Wildman–Crippen LogP) is 1.79. The topological polar surface area (TPSA) is 88.0 Å². The first-order valence-corrected chi connectivity index (χ1v) is 8.90. The monoisotopic (exact) mass is 399 g/mol. The highest BCUT2D eigenvalue weighted by Gasteiger charge is 2.10. The first-order chi connectivity index (χ1) is 13.4. The first kappa shape index (κ1) is 19.4. The van der Waals surface area contributed by atoms with E-state index in [9.17, 15) is 14.0 Å². The molecule has 144 valence electrons. The van der Waals surface area contributed by atoms with Crippen molar-refractivity contribution in [3.8, 4) is 0 Å². The van der Waals surface area contributed by atoms with E-state index in [1.165, 1.54) is 18.3 Å². The summed E-state index contributed by atoms with van der Waals surface area (Å²) in [7, 11) is 0. The number of aromatic nitrogens is 2. The third-order valence-corrected chi connectivity index (χ3v) is 4.31. The van der Waals surface area contributed by atoms with Crippen LogP contribution >= 0.6 is 12.2 Å². The maximum absolute atomic E-state index is 13.0. The standard InChI is InChI=1S/C19H18FN5O2S/c1-12(13-6-8-15(20)9-7-13)22-19(28)24-23-17(26)11-25-18(27)16-5-3-2-4-14(16)10-21-25/h2-10,12H,11H2,1H3,(H,23,26)(H2,22,24,28)/t12-/m0/s1. The average Bonchev–Trinajstić information content (AvgIpc) is 2.69. The summed E-state index contributed by atoms with van der Waals surface area (Å²) in [5.74, 6) is -0.801. The highest BCUT2D eigenvalue weighted by atomic mass is 32.1. The number of nitrogens with zero attached hydrogens (tertiary/aromatic N) is 2. The van der Waals surface area contributed by atoms with E-state index in [1.54, 1.807) is 30.3 Å². The van der Waals surface area contributed by atoms with Crippen LogP contribution in [0.4, 0.5) is 4.39 Å². The van der Waals surface area contributed by atoms with Crippen LogP contribution in [0.3, 0.4) is 0 Å². The van der Waals surface area contributed by atoms with Crippen molar-refractivity contribution >= 4 is 34.0 Å². The van der Waals surface area contributed by atoms with Crippen LogP contribution in [0.2, 0.25) is 0 Å². The van der Waals surface area contributed by atoms with Gasteiger partial charge in [-0.1, -0.05) is 30.3 Å². The van der Waals surface area contributed by atoms with E-state index in [1.807, 2.05) is 13.0 Å². The van der Waals surface area contributed by atoms with Gasteiger partial charge in [0.1, 0.15) is 12.4 Å². The Morgan fingerprint density at radius 3 is 2.64 bits per heavy atom. The van der Waals surface area contributed by atoms with E-state index in [4.69, 9.17) is 12.2 Å². The van der Waals surface area contributed by atoms with Gasteiger partial charge in [-0.05, 0) is 42.9 Å². The number of hydrogen-bond acceptors (Lipinski definition) is 4. The van der Waals surface area contributed by atoms with Crippen molar-refractivity contribution in [3.05, 3.63) is 76.5 Å². The molecule has 28 heavy (non-hydrogen) atoms. The van der Waals surface area contributed by atoms with Crippen LogP contribution in [-0.4, -0.2) is 20.8 Å². The number of fused-ring (bicyclic) bond motifs is 1. The summed E-state index contributed by atoms with van der Waals surface area (Å²) in [6.07, 6.45) is 1.54. The molecule has 0 spiro atoms. The van der Waals surface area contributed by atoms with Crippen LogP contribution in [0.15, 0.2) is 59.5 Å². The molecule has 0 unspecified atom stereocenters. The second kappa shape index (κ2) is 8.57. The third-order valence-electron chi connectivity index (χ3n) is 4.09. The summed E-state index contributed by atoms with van der Waals surface area (Å²) in [6.45, 7) is 1.59. The van der Waals surface area contributed by atoms with Crippen molar-refractivity contribution < 1.29 is 9.18 Å². The van der Waals surface area contributed by atoms with Gasteiger partial charge in [-0.3, -0.25) is 20.4 Å². The zero-order valence-corrected chi connectivity index (χ0v) is 15.8. The molecule has 1 amide bonds. The predicted molar refractivity (Wildman–Crippen MR) is 108 cm³/mol. The molecule has 0 aliphatic rings. The van der Waals surface area contributed by atoms with Crippen LogP contribution in [0.1, 0.15) is 18.5 Å². The number of rotatable bonds is 4. The van der Waals surface area contributed by atoms with Crippen molar-refractivity contribution in [1.29, 1.82) is 0 Å². The molecule has 1 heterocycles. The van der Waals surface area contributed by atoms with E-state index in [2.05, 4.69) is 21.3 Å². The maximum Gasteiger partial charge on any atom is 0.275 e. The summed E-state index contributed by atoms with van der Waals surface area (Å²) >= 11 is 5.13. The Balaban J connectivity index is 1.54. The SMILES string of the molecule is C[C@H](NC(=S)NNC(=O)Cn1ncc2ccccc2c1=O)c1ccc(F)cc1. The number of nitrogens with one attached hydrogen (secondary N) is 3. The zero-order valence-electron chi connectivity index (χ0n) is 15.0. The molecule has 1 aromatic heterocycles. The van der Waals surface area contributed by atoms with E-state index >= 15 is 0 Å². The van der Waals surface area contributed by atoms with Gasteiger partial charge in [0, 0.05) is 5.39 Å². The summed E-state index contributed by atoms with van der Waals surface area (Å²) in [5.41, 5.74) is 5.48. The Kier molecular flexibility index (Phi) is 5.95. The van der Waals surface area contributed by atoms with Gasteiger partial charge in [0.2, 0.25) is 0 Å². The van der Waals surface area contributed by atoms with Gasteiger partial charge in [0.15, 0.2) is 5.11 Å². The van der Waals surface area contributed by atoms with Gasteiger partial charge in [-0.2, -0.15) is 5.10 Å². The number of amides is 1. The zero-order chi connectivity index (χ0) is 20.1. The van der Waals surface area contributed by atoms with E-state index < -0.39 is 5.91 Å². The molecule has 3 aromatic rings. The molecule has 3 rings (SSSR count). The van der Waals surface area contributed by atoms with Crippen molar-refractivity contribution in [1.82, 2.24) is 25.9 Å². The van der Waals surface area contributed by atoms with Crippen molar-refractivity contribution in [2.24, 2.45) is 0 Å². The lowest BCUT2D eigenvalue weighted by Gasteiger charge is -2.17. The Morgan fingerprint density at radius 2 is 1.89 bits per heavy atom. The van der Waals surface area contributed by atoms with E-state index in [0.29, 0.717) is 10.8 Å². The number of halogens is 1. The van der Waals surface area contributed by atoms with Crippen LogP contribution in [0.5, 0.6) is 0 Å². The summed E-state index contributed by atoms with van der Waals surface area (Å²) in [4.78, 5) is 24.5. The van der Waals surface area contributed by atoms with Gasteiger partial charge in [0.25, 0.3) is 11.5 Å².